The monoisotopic (exact) mass is 414 g/mol. The van der Waals surface area contributed by atoms with E-state index in [1.54, 1.807) is 43.3 Å². The number of rotatable bonds is 10. The number of para-hydroxylation sites is 2. The van der Waals surface area contributed by atoms with E-state index in [2.05, 4.69) is 10.6 Å². The average molecular weight is 414 g/mol. The van der Waals surface area contributed by atoms with E-state index in [4.69, 9.17) is 9.47 Å². The number of ether oxygens (including phenoxy) is 2. The molecule has 2 rings (SSSR count). The van der Waals surface area contributed by atoms with Gasteiger partial charge >= 0.3 is 5.97 Å². The van der Waals surface area contributed by atoms with Gasteiger partial charge in [0.1, 0.15) is 5.75 Å². The van der Waals surface area contributed by atoms with Crippen molar-refractivity contribution in [1.82, 2.24) is 0 Å². The quantitative estimate of drug-likeness (QED) is 0.510. The van der Waals surface area contributed by atoms with Gasteiger partial charge in [0, 0.05) is 5.69 Å². The van der Waals surface area contributed by atoms with Crippen molar-refractivity contribution >= 4 is 29.2 Å². The second-order valence-electron chi connectivity index (χ2n) is 6.55. The van der Waals surface area contributed by atoms with Crippen LogP contribution in [0.1, 0.15) is 24.2 Å². The van der Waals surface area contributed by atoms with Crippen LogP contribution in [0.25, 0.3) is 0 Å². The zero-order chi connectivity index (χ0) is 21.9. The van der Waals surface area contributed by atoms with Crippen molar-refractivity contribution in [3.05, 3.63) is 54.1 Å². The molecule has 0 radical (unpaired) electrons. The lowest BCUT2D eigenvalue weighted by atomic mass is 10.2. The maximum atomic E-state index is 12.4. The first-order chi connectivity index (χ1) is 14.5. The lowest BCUT2D eigenvalue weighted by molar-refractivity contribution is -0.881. The van der Waals surface area contributed by atoms with Crippen LogP contribution >= 0.6 is 0 Å². The highest BCUT2D eigenvalue weighted by atomic mass is 16.5. The van der Waals surface area contributed by atoms with E-state index in [9.17, 15) is 14.4 Å². The Morgan fingerprint density at radius 1 is 0.900 bits per heavy atom. The van der Waals surface area contributed by atoms with Gasteiger partial charge in [0.05, 0.1) is 31.5 Å². The number of quaternary nitrogens is 1. The van der Waals surface area contributed by atoms with Crippen molar-refractivity contribution < 1.29 is 28.8 Å². The summed E-state index contributed by atoms with van der Waals surface area (Å²) in [6.07, 6.45) is 0. The SMILES string of the molecule is CCOC(=O)c1ccc(NC(=O)C[NH+](CC)CC(=O)Nc2ccccc2OC)cc1. The highest BCUT2D eigenvalue weighted by molar-refractivity contribution is 5.94. The summed E-state index contributed by atoms with van der Waals surface area (Å²) in [6, 6.07) is 13.6. The fourth-order valence-corrected chi connectivity index (χ4v) is 2.82. The van der Waals surface area contributed by atoms with Crippen LogP contribution in [0.3, 0.4) is 0 Å². The number of hydrogen-bond acceptors (Lipinski definition) is 5. The second-order valence-corrected chi connectivity index (χ2v) is 6.55. The molecule has 1 unspecified atom stereocenters. The summed E-state index contributed by atoms with van der Waals surface area (Å²) in [5.74, 6) is -0.255. The van der Waals surface area contributed by atoms with Crippen LogP contribution in [0.5, 0.6) is 5.75 Å². The molecule has 0 aromatic heterocycles. The zero-order valence-electron chi connectivity index (χ0n) is 17.5. The molecule has 2 aromatic carbocycles. The number of anilines is 2. The summed E-state index contributed by atoms with van der Waals surface area (Å²) in [4.78, 5) is 37.2. The van der Waals surface area contributed by atoms with Crippen molar-refractivity contribution in [3.8, 4) is 5.75 Å². The molecule has 2 aromatic rings. The smallest absolute Gasteiger partial charge is 0.338 e. The molecule has 0 spiro atoms. The van der Waals surface area contributed by atoms with Crippen molar-refractivity contribution in [3.63, 3.8) is 0 Å². The standard InChI is InChI=1S/C22H27N3O5/c1-4-25(15-21(27)24-18-8-6-7-9-19(18)29-3)14-20(26)23-17-12-10-16(11-13-17)22(28)30-5-2/h6-13H,4-5,14-15H2,1-3H3,(H,23,26)(H,24,27)/p+1. The number of hydrogen-bond donors (Lipinski definition) is 3. The fraction of sp³-hybridized carbons (Fsp3) is 0.318. The molecule has 30 heavy (non-hydrogen) atoms. The first-order valence-corrected chi connectivity index (χ1v) is 9.80. The molecule has 8 nitrogen and oxygen atoms in total. The lowest BCUT2D eigenvalue weighted by Gasteiger charge is -2.17. The number of nitrogens with one attached hydrogen (secondary N) is 3. The minimum absolute atomic E-state index is 0.134. The predicted octanol–water partition coefficient (Wildman–Crippen LogP) is 1.35. The van der Waals surface area contributed by atoms with Crippen LogP contribution in [-0.2, 0) is 14.3 Å². The van der Waals surface area contributed by atoms with Gasteiger partial charge in [-0.3, -0.25) is 9.59 Å². The van der Waals surface area contributed by atoms with Crippen LogP contribution in [0.4, 0.5) is 11.4 Å². The molecule has 160 valence electrons. The summed E-state index contributed by atoms with van der Waals surface area (Å²) in [5, 5.41) is 5.60. The van der Waals surface area contributed by atoms with Gasteiger partial charge in [-0.2, -0.15) is 0 Å². The summed E-state index contributed by atoms with van der Waals surface area (Å²) in [6.45, 7) is 4.84. The zero-order valence-corrected chi connectivity index (χ0v) is 17.5. The summed E-state index contributed by atoms with van der Waals surface area (Å²) in [5.41, 5.74) is 1.58. The van der Waals surface area contributed by atoms with Gasteiger partial charge in [-0.15, -0.1) is 0 Å². The maximum absolute atomic E-state index is 12.4. The van der Waals surface area contributed by atoms with E-state index in [-0.39, 0.29) is 24.9 Å². The minimum atomic E-state index is -0.405. The van der Waals surface area contributed by atoms with Gasteiger partial charge < -0.3 is 25.0 Å². The molecule has 1 atom stereocenters. The van der Waals surface area contributed by atoms with Crippen molar-refractivity contribution in [2.75, 3.05) is 44.0 Å². The largest absolute Gasteiger partial charge is 0.495 e. The Morgan fingerprint density at radius 2 is 1.53 bits per heavy atom. The molecule has 0 aliphatic carbocycles. The molecular weight excluding hydrogens is 386 g/mol. The van der Waals surface area contributed by atoms with Gasteiger partial charge in [0.15, 0.2) is 13.1 Å². The highest BCUT2D eigenvalue weighted by Gasteiger charge is 2.18. The number of amides is 2. The Bertz CT molecular complexity index is 867. The molecule has 0 saturated carbocycles. The van der Waals surface area contributed by atoms with Crippen molar-refractivity contribution in [2.45, 2.75) is 13.8 Å². The number of methoxy groups -OCH3 is 1. The maximum Gasteiger partial charge on any atom is 0.338 e. The number of carbonyl (C=O) groups excluding carboxylic acids is 3. The van der Waals surface area contributed by atoms with Gasteiger partial charge in [-0.25, -0.2) is 4.79 Å². The highest BCUT2D eigenvalue weighted by Crippen LogP contribution is 2.22. The Morgan fingerprint density at radius 3 is 2.13 bits per heavy atom. The molecule has 0 heterocycles. The van der Waals surface area contributed by atoms with Gasteiger partial charge in [0.25, 0.3) is 11.8 Å². The van der Waals surface area contributed by atoms with E-state index < -0.39 is 5.97 Å². The summed E-state index contributed by atoms with van der Waals surface area (Å²) >= 11 is 0. The first-order valence-electron chi connectivity index (χ1n) is 9.80. The molecule has 0 saturated heterocycles. The Balaban J connectivity index is 1.88. The first kappa shape index (κ1) is 22.9. The Labute approximate surface area is 176 Å². The topological polar surface area (TPSA) is 98.2 Å². The third-order valence-electron chi connectivity index (χ3n) is 4.38. The number of esters is 1. The lowest BCUT2D eigenvalue weighted by Crippen LogP contribution is -3.13. The van der Waals surface area contributed by atoms with Gasteiger partial charge in [0.2, 0.25) is 0 Å². The molecule has 2 amide bonds. The molecule has 0 bridgehead atoms. The van der Waals surface area contributed by atoms with Crippen LogP contribution in [-0.4, -0.2) is 51.1 Å². The van der Waals surface area contributed by atoms with E-state index in [1.807, 2.05) is 19.1 Å². The van der Waals surface area contributed by atoms with E-state index in [0.29, 0.717) is 35.8 Å². The molecule has 3 N–H and O–H groups in total. The number of likely N-dealkylation sites (N-methyl/N-ethyl adjacent to an activating group) is 1. The van der Waals surface area contributed by atoms with Crippen LogP contribution < -0.4 is 20.3 Å². The normalized spacial score (nSPS) is 11.3. The van der Waals surface area contributed by atoms with Crippen LogP contribution in [0, 0.1) is 0 Å². The molecule has 8 heteroatoms. The van der Waals surface area contributed by atoms with Crippen LogP contribution in [0.15, 0.2) is 48.5 Å². The average Bonchev–Trinajstić information content (AvgIpc) is 2.74. The number of benzene rings is 2. The van der Waals surface area contributed by atoms with E-state index in [1.165, 1.54) is 7.11 Å². The third-order valence-corrected chi connectivity index (χ3v) is 4.38. The second kappa shape index (κ2) is 11.6. The molecule has 0 aliphatic rings. The summed E-state index contributed by atoms with van der Waals surface area (Å²) < 4.78 is 10.2. The minimum Gasteiger partial charge on any atom is -0.495 e. The molecule has 0 aliphatic heterocycles. The van der Waals surface area contributed by atoms with Gasteiger partial charge in [-0.05, 0) is 50.2 Å². The van der Waals surface area contributed by atoms with Crippen LogP contribution in [0.2, 0.25) is 0 Å². The van der Waals surface area contributed by atoms with Crippen molar-refractivity contribution in [1.29, 1.82) is 0 Å². The summed E-state index contributed by atoms with van der Waals surface area (Å²) in [7, 11) is 1.54. The Kier molecular flexibility index (Phi) is 8.83. The third kappa shape index (κ3) is 6.89. The molecular formula is C22H28N3O5+. The van der Waals surface area contributed by atoms with Crippen molar-refractivity contribution in [2.24, 2.45) is 0 Å². The van der Waals surface area contributed by atoms with Gasteiger partial charge in [-0.1, -0.05) is 12.1 Å². The Hall–Kier alpha value is -3.39. The number of carbonyl (C=O) groups is 3. The predicted molar refractivity (Wildman–Crippen MR) is 114 cm³/mol. The van der Waals surface area contributed by atoms with E-state index >= 15 is 0 Å². The van der Waals surface area contributed by atoms with E-state index in [0.717, 1.165) is 4.90 Å². The fourth-order valence-electron chi connectivity index (χ4n) is 2.82. The molecule has 0 fully saturated rings.